The fourth-order valence-corrected chi connectivity index (χ4v) is 4.55. The van der Waals surface area contributed by atoms with Crippen molar-refractivity contribution in [3.8, 4) is 0 Å². The van der Waals surface area contributed by atoms with Gasteiger partial charge in [0, 0.05) is 24.2 Å². The van der Waals surface area contributed by atoms with Crippen LogP contribution in [-0.4, -0.2) is 30.9 Å². The minimum atomic E-state index is 0. The highest BCUT2D eigenvalue weighted by atomic mass is 35.5. The first-order valence-corrected chi connectivity index (χ1v) is 9.24. The highest BCUT2D eigenvalue weighted by molar-refractivity contribution is 5.93. The second kappa shape index (κ2) is 9.93. The maximum absolute atomic E-state index is 12.9. The van der Waals surface area contributed by atoms with Crippen LogP contribution >= 0.6 is 24.8 Å². The molecular formula is C20H33Cl2N3O. The predicted octanol–water partition coefficient (Wildman–Crippen LogP) is 3.99. The second-order valence-electron chi connectivity index (χ2n) is 8.08. The van der Waals surface area contributed by atoms with Crippen molar-refractivity contribution in [1.82, 2.24) is 4.90 Å². The van der Waals surface area contributed by atoms with E-state index in [-0.39, 0.29) is 36.6 Å². The number of nitrogens with two attached hydrogens (primary N) is 1. The van der Waals surface area contributed by atoms with Crippen molar-refractivity contribution >= 4 is 36.4 Å². The molecule has 3 rings (SSSR count). The summed E-state index contributed by atoms with van der Waals surface area (Å²) in [7, 11) is 4.11. The van der Waals surface area contributed by atoms with E-state index < -0.39 is 0 Å². The molecule has 2 unspecified atom stereocenters. The van der Waals surface area contributed by atoms with Gasteiger partial charge in [0.05, 0.1) is 0 Å². The zero-order valence-corrected chi connectivity index (χ0v) is 17.7. The maximum Gasteiger partial charge on any atom is 0.227 e. The average molecular weight is 402 g/mol. The first-order valence-electron chi connectivity index (χ1n) is 9.24. The summed E-state index contributed by atoms with van der Waals surface area (Å²) < 4.78 is 0. The fourth-order valence-electron chi connectivity index (χ4n) is 4.55. The lowest BCUT2D eigenvalue weighted by atomic mass is 9.65. The standard InChI is InChI=1S/C20H31N3O.2ClH/c1-13-7-8-18(17(9-13)12-23(2)3)22-20(24)16-10-14-5-4-6-15(11-16)19(14)21;;/h7-9,14-16,19H,4-6,10-12,21H2,1-3H3,(H,22,24);2*1H. The van der Waals surface area contributed by atoms with Crippen LogP contribution in [0.3, 0.4) is 0 Å². The first kappa shape index (κ1) is 23.2. The van der Waals surface area contributed by atoms with Crippen molar-refractivity contribution in [1.29, 1.82) is 0 Å². The van der Waals surface area contributed by atoms with E-state index >= 15 is 0 Å². The molecular weight excluding hydrogens is 369 g/mol. The lowest BCUT2D eigenvalue weighted by Crippen LogP contribution is -2.48. The van der Waals surface area contributed by atoms with E-state index in [0.717, 1.165) is 25.1 Å². The molecule has 0 aliphatic heterocycles. The highest BCUT2D eigenvalue weighted by Gasteiger charge is 2.40. The number of fused-ring (bicyclic) bond motifs is 2. The van der Waals surface area contributed by atoms with Crippen LogP contribution in [0.2, 0.25) is 0 Å². The number of amides is 1. The molecule has 2 saturated carbocycles. The van der Waals surface area contributed by atoms with Crippen molar-refractivity contribution in [2.24, 2.45) is 23.5 Å². The molecule has 0 spiro atoms. The highest BCUT2D eigenvalue weighted by Crippen LogP contribution is 2.42. The van der Waals surface area contributed by atoms with Crippen molar-refractivity contribution in [2.75, 3.05) is 19.4 Å². The van der Waals surface area contributed by atoms with Gasteiger partial charge in [0.25, 0.3) is 0 Å². The third kappa shape index (κ3) is 5.35. The summed E-state index contributed by atoms with van der Waals surface area (Å²) in [6.07, 6.45) is 5.58. The third-order valence-corrected chi connectivity index (χ3v) is 5.79. The largest absolute Gasteiger partial charge is 0.327 e. The molecule has 0 saturated heterocycles. The molecule has 1 amide bonds. The number of benzene rings is 1. The summed E-state index contributed by atoms with van der Waals surface area (Å²) in [6, 6.07) is 6.59. The van der Waals surface area contributed by atoms with Crippen LogP contribution in [0, 0.1) is 24.7 Å². The molecule has 6 heteroatoms. The number of hydrogen-bond acceptors (Lipinski definition) is 3. The van der Waals surface area contributed by atoms with E-state index in [2.05, 4.69) is 43.4 Å². The lowest BCUT2D eigenvalue weighted by molar-refractivity contribution is -0.122. The normalized spacial score (nSPS) is 27.3. The number of rotatable bonds is 4. The zero-order valence-electron chi connectivity index (χ0n) is 16.0. The Morgan fingerprint density at radius 1 is 1.19 bits per heavy atom. The summed E-state index contributed by atoms with van der Waals surface area (Å²) in [5, 5.41) is 3.21. The van der Waals surface area contributed by atoms with Gasteiger partial charge in [-0.3, -0.25) is 4.79 Å². The van der Waals surface area contributed by atoms with Crippen LogP contribution < -0.4 is 11.1 Å². The number of carbonyl (C=O) groups excluding carboxylic acids is 1. The van der Waals surface area contributed by atoms with Gasteiger partial charge in [-0.1, -0.05) is 24.1 Å². The van der Waals surface area contributed by atoms with Gasteiger partial charge in [-0.05, 0) is 70.2 Å². The Kier molecular flexibility index (Phi) is 8.87. The van der Waals surface area contributed by atoms with E-state index in [1.54, 1.807) is 0 Å². The average Bonchev–Trinajstić information content (AvgIpc) is 2.49. The molecule has 1 aromatic rings. The van der Waals surface area contributed by atoms with Crippen molar-refractivity contribution in [2.45, 2.75) is 51.6 Å². The molecule has 0 heterocycles. The van der Waals surface area contributed by atoms with E-state index in [0.29, 0.717) is 17.9 Å². The quantitative estimate of drug-likeness (QED) is 0.801. The molecule has 26 heavy (non-hydrogen) atoms. The Morgan fingerprint density at radius 2 is 1.81 bits per heavy atom. The molecule has 4 nitrogen and oxygen atoms in total. The Morgan fingerprint density at radius 3 is 2.38 bits per heavy atom. The molecule has 2 aliphatic carbocycles. The van der Waals surface area contributed by atoms with Crippen LogP contribution in [0.25, 0.3) is 0 Å². The fraction of sp³-hybridized carbons (Fsp3) is 0.650. The number of nitrogens with zero attached hydrogens (tertiary/aromatic N) is 1. The minimum Gasteiger partial charge on any atom is -0.327 e. The van der Waals surface area contributed by atoms with Crippen molar-refractivity contribution < 1.29 is 4.79 Å². The van der Waals surface area contributed by atoms with Gasteiger partial charge in [0.1, 0.15) is 0 Å². The summed E-state index contributed by atoms with van der Waals surface area (Å²) in [4.78, 5) is 15.0. The monoisotopic (exact) mass is 401 g/mol. The van der Waals surface area contributed by atoms with Crippen LogP contribution in [0.5, 0.6) is 0 Å². The van der Waals surface area contributed by atoms with Crippen LogP contribution in [0.1, 0.15) is 43.2 Å². The number of carbonyl (C=O) groups is 1. The number of nitrogens with one attached hydrogen (secondary N) is 1. The summed E-state index contributed by atoms with van der Waals surface area (Å²) in [5.74, 6) is 1.37. The van der Waals surface area contributed by atoms with Crippen LogP contribution in [0.15, 0.2) is 18.2 Å². The molecule has 0 radical (unpaired) electrons. The van der Waals surface area contributed by atoms with Crippen LogP contribution in [0.4, 0.5) is 5.69 Å². The summed E-state index contributed by atoms with van der Waals surface area (Å²) >= 11 is 0. The van der Waals surface area contributed by atoms with Gasteiger partial charge in [-0.15, -0.1) is 24.8 Å². The number of aryl methyl sites for hydroxylation is 1. The number of anilines is 1. The van der Waals surface area contributed by atoms with E-state index in [9.17, 15) is 4.79 Å². The molecule has 1 aromatic carbocycles. The topological polar surface area (TPSA) is 58.4 Å². The van der Waals surface area contributed by atoms with Crippen LogP contribution in [-0.2, 0) is 11.3 Å². The van der Waals surface area contributed by atoms with Gasteiger partial charge >= 0.3 is 0 Å². The Bertz CT molecular complexity index is 595. The zero-order chi connectivity index (χ0) is 17.3. The number of hydrogen-bond donors (Lipinski definition) is 2. The van der Waals surface area contributed by atoms with Gasteiger partial charge in [-0.2, -0.15) is 0 Å². The van der Waals surface area contributed by atoms with Gasteiger partial charge in [-0.25, -0.2) is 0 Å². The van der Waals surface area contributed by atoms with E-state index in [4.69, 9.17) is 5.73 Å². The second-order valence-corrected chi connectivity index (χ2v) is 8.08. The van der Waals surface area contributed by atoms with E-state index in [1.807, 2.05) is 6.07 Å². The van der Waals surface area contributed by atoms with Gasteiger partial charge in [0.15, 0.2) is 0 Å². The Labute approximate surface area is 170 Å². The van der Waals surface area contributed by atoms with Crippen molar-refractivity contribution in [3.63, 3.8) is 0 Å². The molecule has 2 aliphatic rings. The molecule has 148 valence electrons. The third-order valence-electron chi connectivity index (χ3n) is 5.79. The molecule has 3 N–H and O–H groups in total. The Balaban J connectivity index is 0.00000169. The van der Waals surface area contributed by atoms with E-state index in [1.165, 1.54) is 30.4 Å². The molecule has 2 fully saturated rings. The summed E-state index contributed by atoms with van der Waals surface area (Å²) in [5.41, 5.74) is 9.72. The first-order chi connectivity index (χ1) is 11.4. The summed E-state index contributed by atoms with van der Waals surface area (Å²) in [6.45, 7) is 2.92. The molecule has 2 bridgehead atoms. The molecule has 2 atom stereocenters. The van der Waals surface area contributed by atoms with Crippen molar-refractivity contribution in [3.05, 3.63) is 29.3 Å². The predicted molar refractivity (Wildman–Crippen MR) is 113 cm³/mol. The Hall–Kier alpha value is -0.810. The van der Waals surface area contributed by atoms with Gasteiger partial charge < -0.3 is 16.0 Å². The SMILES string of the molecule is Cc1ccc(NC(=O)C2CC3CCCC(C2)C3N)c(CN(C)C)c1.Cl.Cl. The molecule has 0 aromatic heterocycles. The number of halogens is 2. The lowest BCUT2D eigenvalue weighted by Gasteiger charge is -2.43. The smallest absolute Gasteiger partial charge is 0.227 e. The maximum atomic E-state index is 12.9. The van der Waals surface area contributed by atoms with Gasteiger partial charge in [0.2, 0.25) is 5.91 Å². The minimum absolute atomic E-state index is 0.